The Morgan fingerprint density at radius 3 is 2.93 bits per heavy atom. The van der Waals surface area contributed by atoms with Gasteiger partial charge >= 0.3 is 0 Å². The quantitative estimate of drug-likeness (QED) is 0.533. The van der Waals surface area contributed by atoms with E-state index in [2.05, 4.69) is 15.1 Å². The molecule has 0 atom stereocenters. The predicted molar refractivity (Wildman–Crippen MR) is 106 cm³/mol. The van der Waals surface area contributed by atoms with Crippen molar-refractivity contribution >= 4 is 39.7 Å². The molecule has 0 aliphatic heterocycles. The molecule has 0 saturated carbocycles. The third-order valence-electron chi connectivity index (χ3n) is 4.25. The van der Waals surface area contributed by atoms with Gasteiger partial charge in [-0.3, -0.25) is 4.79 Å². The molecule has 4 aromatic rings. The molecule has 0 radical (unpaired) electrons. The van der Waals surface area contributed by atoms with Crippen LogP contribution in [0, 0.1) is 6.92 Å². The standard InChI is InChI=1S/C19H17ClN4O2S/c1-11-3-6-16(27-11)19(25)24(2)8-7-17-22-18(26-23-17)15-10-12-9-13(20)4-5-14(12)21-15/h3-6,9-10,21H,7-8H2,1-2H3. The minimum absolute atomic E-state index is 0.00399. The molecule has 0 aliphatic carbocycles. The first kappa shape index (κ1) is 17.8. The number of thiophene rings is 1. The van der Waals surface area contributed by atoms with Crippen molar-refractivity contribution < 1.29 is 9.32 Å². The lowest BCUT2D eigenvalue weighted by atomic mass is 10.2. The first-order chi connectivity index (χ1) is 13.0. The Balaban J connectivity index is 1.43. The van der Waals surface area contributed by atoms with E-state index in [4.69, 9.17) is 16.1 Å². The Kier molecular flexibility index (Phi) is 4.72. The highest BCUT2D eigenvalue weighted by Crippen LogP contribution is 2.25. The number of hydrogen-bond donors (Lipinski definition) is 1. The van der Waals surface area contributed by atoms with Crippen LogP contribution in [-0.2, 0) is 6.42 Å². The van der Waals surface area contributed by atoms with Gasteiger partial charge in [0.25, 0.3) is 11.8 Å². The largest absolute Gasteiger partial charge is 0.351 e. The second-order valence-corrected chi connectivity index (χ2v) is 8.04. The SMILES string of the molecule is Cc1ccc(C(=O)N(C)CCc2noc(-c3cc4cc(Cl)ccc4[nH]3)n2)s1. The van der Waals surface area contributed by atoms with Crippen molar-refractivity contribution in [2.45, 2.75) is 13.3 Å². The Bertz CT molecular complexity index is 1110. The summed E-state index contributed by atoms with van der Waals surface area (Å²) in [6.07, 6.45) is 0.516. The van der Waals surface area contributed by atoms with Gasteiger partial charge in [-0.05, 0) is 43.3 Å². The maximum absolute atomic E-state index is 12.4. The summed E-state index contributed by atoms with van der Waals surface area (Å²) < 4.78 is 5.36. The highest BCUT2D eigenvalue weighted by atomic mass is 35.5. The van der Waals surface area contributed by atoms with Gasteiger partial charge in [0.2, 0.25) is 0 Å². The number of aromatic amines is 1. The number of carbonyl (C=O) groups is 1. The minimum Gasteiger partial charge on any atom is -0.351 e. The smallest absolute Gasteiger partial charge is 0.274 e. The van der Waals surface area contributed by atoms with E-state index in [1.54, 1.807) is 11.9 Å². The molecule has 4 rings (SSSR count). The molecule has 0 aliphatic rings. The van der Waals surface area contributed by atoms with E-state index >= 15 is 0 Å². The molecular formula is C19H17ClN4O2S. The summed E-state index contributed by atoms with van der Waals surface area (Å²) in [6, 6.07) is 11.3. The van der Waals surface area contributed by atoms with Gasteiger partial charge in [-0.2, -0.15) is 4.98 Å². The number of aryl methyl sites for hydroxylation is 1. The van der Waals surface area contributed by atoms with Crippen LogP contribution in [0.25, 0.3) is 22.5 Å². The van der Waals surface area contributed by atoms with Crippen LogP contribution in [0.3, 0.4) is 0 Å². The summed E-state index contributed by atoms with van der Waals surface area (Å²) >= 11 is 7.52. The normalized spacial score (nSPS) is 11.2. The molecule has 0 saturated heterocycles. The van der Waals surface area contributed by atoms with Crippen molar-refractivity contribution in [1.29, 1.82) is 0 Å². The van der Waals surface area contributed by atoms with E-state index in [1.165, 1.54) is 11.3 Å². The number of benzene rings is 1. The number of nitrogens with zero attached hydrogens (tertiary/aromatic N) is 3. The molecule has 1 amide bonds. The summed E-state index contributed by atoms with van der Waals surface area (Å²) in [5, 5.41) is 5.68. The molecule has 27 heavy (non-hydrogen) atoms. The number of likely N-dealkylation sites (N-methyl/N-ethyl adjacent to an activating group) is 1. The number of halogens is 1. The van der Waals surface area contributed by atoms with Gasteiger partial charge in [-0.1, -0.05) is 16.8 Å². The summed E-state index contributed by atoms with van der Waals surface area (Å²) in [5.41, 5.74) is 1.69. The van der Waals surface area contributed by atoms with E-state index in [0.29, 0.717) is 29.7 Å². The molecule has 3 aromatic heterocycles. The molecule has 8 heteroatoms. The number of amides is 1. The maximum Gasteiger partial charge on any atom is 0.274 e. The van der Waals surface area contributed by atoms with E-state index < -0.39 is 0 Å². The molecule has 0 bridgehead atoms. The van der Waals surface area contributed by atoms with Crippen molar-refractivity contribution in [2.24, 2.45) is 0 Å². The third-order valence-corrected chi connectivity index (χ3v) is 5.47. The summed E-state index contributed by atoms with van der Waals surface area (Å²) in [6.45, 7) is 2.50. The van der Waals surface area contributed by atoms with Crippen LogP contribution in [0.4, 0.5) is 0 Å². The van der Waals surface area contributed by atoms with Gasteiger partial charge in [0.1, 0.15) is 5.69 Å². The molecule has 6 nitrogen and oxygen atoms in total. The number of rotatable bonds is 5. The summed E-state index contributed by atoms with van der Waals surface area (Å²) in [4.78, 5) is 23.6. The van der Waals surface area contributed by atoms with E-state index in [0.717, 1.165) is 26.4 Å². The van der Waals surface area contributed by atoms with E-state index in [-0.39, 0.29) is 5.91 Å². The van der Waals surface area contributed by atoms with Crippen LogP contribution in [0.1, 0.15) is 20.4 Å². The number of hydrogen-bond acceptors (Lipinski definition) is 5. The Morgan fingerprint density at radius 2 is 2.15 bits per heavy atom. The fraction of sp³-hybridized carbons (Fsp3) is 0.211. The highest BCUT2D eigenvalue weighted by Gasteiger charge is 2.16. The molecular weight excluding hydrogens is 384 g/mol. The van der Waals surface area contributed by atoms with Gasteiger partial charge in [-0.25, -0.2) is 0 Å². The summed E-state index contributed by atoms with van der Waals surface area (Å²) in [5.74, 6) is 0.980. The monoisotopic (exact) mass is 400 g/mol. The van der Waals surface area contributed by atoms with Crippen LogP contribution in [-0.4, -0.2) is 39.5 Å². The maximum atomic E-state index is 12.4. The lowest BCUT2D eigenvalue weighted by molar-refractivity contribution is 0.0800. The number of nitrogens with one attached hydrogen (secondary N) is 1. The topological polar surface area (TPSA) is 75.0 Å². The number of carbonyl (C=O) groups excluding carboxylic acids is 1. The van der Waals surface area contributed by atoms with E-state index in [1.807, 2.05) is 43.3 Å². The Morgan fingerprint density at radius 1 is 1.30 bits per heavy atom. The van der Waals surface area contributed by atoms with Gasteiger partial charge in [0.05, 0.1) is 4.88 Å². The fourth-order valence-corrected chi connectivity index (χ4v) is 3.83. The van der Waals surface area contributed by atoms with Crippen molar-refractivity contribution in [1.82, 2.24) is 20.0 Å². The van der Waals surface area contributed by atoms with Crippen molar-refractivity contribution in [2.75, 3.05) is 13.6 Å². The lowest BCUT2D eigenvalue weighted by Crippen LogP contribution is -2.28. The van der Waals surface area contributed by atoms with Crippen LogP contribution in [0.15, 0.2) is 40.9 Å². The molecule has 1 N–H and O–H groups in total. The zero-order chi connectivity index (χ0) is 19.0. The first-order valence-electron chi connectivity index (χ1n) is 8.43. The van der Waals surface area contributed by atoms with Crippen LogP contribution in [0.5, 0.6) is 0 Å². The Hall–Kier alpha value is -2.64. The third kappa shape index (κ3) is 3.74. The average molecular weight is 401 g/mol. The van der Waals surface area contributed by atoms with Crippen LogP contribution < -0.4 is 0 Å². The second-order valence-electron chi connectivity index (χ2n) is 6.32. The Labute approximate surface area is 164 Å². The van der Waals surface area contributed by atoms with E-state index in [9.17, 15) is 4.79 Å². The van der Waals surface area contributed by atoms with Crippen molar-refractivity contribution in [3.63, 3.8) is 0 Å². The number of fused-ring (bicyclic) bond motifs is 1. The van der Waals surface area contributed by atoms with Gasteiger partial charge < -0.3 is 14.4 Å². The molecule has 0 spiro atoms. The molecule has 138 valence electrons. The average Bonchev–Trinajstić information content (AvgIpc) is 3.37. The number of aromatic nitrogens is 3. The number of H-pyrrole nitrogens is 1. The predicted octanol–water partition coefficient (Wildman–Crippen LogP) is 4.56. The van der Waals surface area contributed by atoms with Gasteiger partial charge in [-0.15, -0.1) is 11.3 Å². The molecule has 3 heterocycles. The lowest BCUT2D eigenvalue weighted by Gasteiger charge is -2.14. The van der Waals surface area contributed by atoms with Gasteiger partial charge in [0, 0.05) is 40.8 Å². The summed E-state index contributed by atoms with van der Waals surface area (Å²) in [7, 11) is 1.78. The van der Waals surface area contributed by atoms with Crippen LogP contribution >= 0.6 is 22.9 Å². The first-order valence-corrected chi connectivity index (χ1v) is 9.62. The minimum atomic E-state index is 0.00399. The van der Waals surface area contributed by atoms with Crippen molar-refractivity contribution in [3.05, 3.63) is 57.0 Å². The zero-order valence-electron chi connectivity index (χ0n) is 14.8. The molecule has 1 aromatic carbocycles. The second kappa shape index (κ2) is 7.17. The van der Waals surface area contributed by atoms with Crippen molar-refractivity contribution in [3.8, 4) is 11.6 Å². The molecule has 0 fully saturated rings. The highest BCUT2D eigenvalue weighted by molar-refractivity contribution is 7.13. The molecule has 0 unspecified atom stereocenters. The van der Waals surface area contributed by atoms with Crippen LogP contribution in [0.2, 0.25) is 5.02 Å². The fourth-order valence-electron chi connectivity index (χ4n) is 2.79. The zero-order valence-corrected chi connectivity index (χ0v) is 16.4. The van der Waals surface area contributed by atoms with Gasteiger partial charge in [0.15, 0.2) is 5.82 Å².